The first kappa shape index (κ1) is 24.7. The molecule has 0 bridgehead atoms. The highest BCUT2D eigenvalue weighted by Crippen LogP contribution is 2.53. The summed E-state index contributed by atoms with van der Waals surface area (Å²) in [5, 5.41) is 21.1. The molecule has 0 aliphatic carbocycles. The Balaban J connectivity index is 3.32. The second-order valence-corrected chi connectivity index (χ2v) is 6.80. The minimum absolute atomic E-state index is 0.0246. The van der Waals surface area contributed by atoms with Crippen molar-refractivity contribution in [3.63, 3.8) is 0 Å². The van der Waals surface area contributed by atoms with Crippen LogP contribution in [-0.2, 0) is 4.74 Å². The predicted octanol–water partition coefficient (Wildman–Crippen LogP) is 5.20. The van der Waals surface area contributed by atoms with Crippen molar-refractivity contribution in [2.45, 2.75) is 72.6 Å². The SMILES string of the molecule is CCCCCCOC(=O)c1c(O)c(O)c(OCCC)c(OCCC)c1OCCC. The standard InChI is InChI=1S/C22H36O7/c1-5-9-10-11-15-29-22(25)16-17(23)18(24)20(27-13-7-3)21(28-14-8-4)19(16)26-12-6-2/h23-24H,5-15H2,1-4H3. The zero-order valence-electron chi connectivity index (χ0n) is 18.2. The maximum atomic E-state index is 12.7. The van der Waals surface area contributed by atoms with Gasteiger partial charge in [-0.25, -0.2) is 4.79 Å². The van der Waals surface area contributed by atoms with E-state index in [1.54, 1.807) is 0 Å². The van der Waals surface area contributed by atoms with E-state index in [9.17, 15) is 15.0 Å². The van der Waals surface area contributed by atoms with Gasteiger partial charge in [0.15, 0.2) is 17.1 Å². The zero-order valence-corrected chi connectivity index (χ0v) is 18.2. The number of phenols is 2. The quantitative estimate of drug-likeness (QED) is 0.232. The Hall–Kier alpha value is -2.31. The lowest BCUT2D eigenvalue weighted by Crippen LogP contribution is -2.13. The molecule has 2 N–H and O–H groups in total. The number of aromatic hydroxyl groups is 2. The molecule has 0 aromatic heterocycles. The number of rotatable bonds is 15. The second-order valence-electron chi connectivity index (χ2n) is 6.80. The first-order chi connectivity index (χ1) is 14.0. The van der Waals surface area contributed by atoms with Crippen LogP contribution < -0.4 is 14.2 Å². The molecule has 0 aliphatic rings. The fourth-order valence-corrected chi connectivity index (χ4v) is 2.63. The van der Waals surface area contributed by atoms with E-state index in [0.29, 0.717) is 39.1 Å². The van der Waals surface area contributed by atoms with Crippen molar-refractivity contribution >= 4 is 5.97 Å². The van der Waals surface area contributed by atoms with Gasteiger partial charge in [-0.15, -0.1) is 0 Å². The van der Waals surface area contributed by atoms with Crippen LogP contribution in [-0.4, -0.2) is 42.6 Å². The van der Waals surface area contributed by atoms with Crippen molar-refractivity contribution in [3.8, 4) is 28.7 Å². The van der Waals surface area contributed by atoms with Gasteiger partial charge < -0.3 is 29.2 Å². The van der Waals surface area contributed by atoms with Gasteiger partial charge in [-0.2, -0.15) is 0 Å². The fraction of sp³-hybridized carbons (Fsp3) is 0.682. The smallest absolute Gasteiger partial charge is 0.346 e. The molecule has 0 aliphatic heterocycles. The number of unbranched alkanes of at least 4 members (excludes halogenated alkanes) is 3. The number of benzene rings is 1. The van der Waals surface area contributed by atoms with Crippen LogP contribution >= 0.6 is 0 Å². The van der Waals surface area contributed by atoms with E-state index >= 15 is 0 Å². The van der Waals surface area contributed by atoms with E-state index in [1.807, 2.05) is 20.8 Å². The van der Waals surface area contributed by atoms with Gasteiger partial charge in [0.25, 0.3) is 0 Å². The highest BCUT2D eigenvalue weighted by atomic mass is 16.6. The molecule has 0 saturated heterocycles. The summed E-state index contributed by atoms with van der Waals surface area (Å²) in [5.74, 6) is -1.80. The first-order valence-corrected chi connectivity index (χ1v) is 10.7. The summed E-state index contributed by atoms with van der Waals surface area (Å²) in [6.45, 7) is 9.05. The van der Waals surface area contributed by atoms with E-state index in [-0.39, 0.29) is 29.4 Å². The van der Waals surface area contributed by atoms with E-state index in [2.05, 4.69) is 6.92 Å². The maximum Gasteiger partial charge on any atom is 0.346 e. The number of hydrogen-bond acceptors (Lipinski definition) is 7. The van der Waals surface area contributed by atoms with E-state index in [4.69, 9.17) is 18.9 Å². The van der Waals surface area contributed by atoms with Crippen LogP contribution in [0.3, 0.4) is 0 Å². The van der Waals surface area contributed by atoms with Crippen molar-refractivity contribution in [1.82, 2.24) is 0 Å². The molecule has 29 heavy (non-hydrogen) atoms. The topological polar surface area (TPSA) is 94.5 Å². The molecular formula is C22H36O7. The van der Waals surface area contributed by atoms with Crippen LogP contribution in [0, 0.1) is 0 Å². The number of ether oxygens (including phenoxy) is 4. The molecule has 0 radical (unpaired) electrons. The fourth-order valence-electron chi connectivity index (χ4n) is 2.63. The molecule has 0 heterocycles. The highest BCUT2D eigenvalue weighted by molar-refractivity contribution is 5.99. The van der Waals surface area contributed by atoms with Gasteiger partial charge in [0, 0.05) is 0 Å². The number of phenolic OH excluding ortho intramolecular Hbond substituents is 2. The van der Waals surface area contributed by atoms with Gasteiger partial charge >= 0.3 is 5.97 Å². The molecule has 0 unspecified atom stereocenters. The third kappa shape index (κ3) is 7.22. The highest BCUT2D eigenvalue weighted by Gasteiger charge is 2.32. The molecule has 1 aromatic carbocycles. The third-order valence-corrected chi connectivity index (χ3v) is 4.10. The molecule has 1 aromatic rings. The number of carbonyl (C=O) groups is 1. The van der Waals surface area contributed by atoms with Crippen molar-refractivity contribution in [2.24, 2.45) is 0 Å². The molecule has 1 rings (SSSR count). The summed E-state index contributed by atoms with van der Waals surface area (Å²) in [6.07, 6.45) is 5.91. The Morgan fingerprint density at radius 3 is 1.76 bits per heavy atom. The van der Waals surface area contributed by atoms with Gasteiger partial charge in [-0.1, -0.05) is 47.0 Å². The molecule has 0 spiro atoms. The monoisotopic (exact) mass is 412 g/mol. The Kier molecular flexibility index (Phi) is 11.8. The zero-order chi connectivity index (χ0) is 21.6. The molecule has 166 valence electrons. The molecular weight excluding hydrogens is 376 g/mol. The lowest BCUT2D eigenvalue weighted by molar-refractivity contribution is 0.0487. The largest absolute Gasteiger partial charge is 0.503 e. The van der Waals surface area contributed by atoms with Gasteiger partial charge in [-0.05, 0) is 25.7 Å². The van der Waals surface area contributed by atoms with E-state index in [0.717, 1.165) is 25.7 Å². The summed E-state index contributed by atoms with van der Waals surface area (Å²) in [7, 11) is 0. The summed E-state index contributed by atoms with van der Waals surface area (Å²) in [4.78, 5) is 12.7. The molecule has 0 fully saturated rings. The van der Waals surface area contributed by atoms with Crippen molar-refractivity contribution < 1.29 is 34.0 Å². The van der Waals surface area contributed by atoms with Crippen molar-refractivity contribution in [1.29, 1.82) is 0 Å². The van der Waals surface area contributed by atoms with Crippen LogP contribution in [0.5, 0.6) is 28.7 Å². The third-order valence-electron chi connectivity index (χ3n) is 4.10. The van der Waals surface area contributed by atoms with Crippen LogP contribution in [0.4, 0.5) is 0 Å². The minimum atomic E-state index is -0.760. The second kappa shape index (κ2) is 13.8. The Bertz CT molecular complexity index is 628. The van der Waals surface area contributed by atoms with Gasteiger partial charge in [0.2, 0.25) is 17.2 Å². The van der Waals surface area contributed by atoms with E-state index < -0.39 is 17.5 Å². The van der Waals surface area contributed by atoms with Crippen LogP contribution in [0.25, 0.3) is 0 Å². The van der Waals surface area contributed by atoms with Gasteiger partial charge in [0.1, 0.15) is 0 Å². The summed E-state index contributed by atoms with van der Waals surface area (Å²) in [5.41, 5.74) is -0.235. The summed E-state index contributed by atoms with van der Waals surface area (Å²) < 4.78 is 22.5. The van der Waals surface area contributed by atoms with Gasteiger partial charge in [0.05, 0.1) is 26.4 Å². The number of esters is 1. The van der Waals surface area contributed by atoms with E-state index in [1.165, 1.54) is 0 Å². The Labute approximate surface area is 173 Å². The van der Waals surface area contributed by atoms with Crippen LogP contribution in [0.15, 0.2) is 0 Å². The summed E-state index contributed by atoms with van der Waals surface area (Å²) >= 11 is 0. The normalized spacial score (nSPS) is 10.6. The van der Waals surface area contributed by atoms with Crippen molar-refractivity contribution in [2.75, 3.05) is 26.4 Å². The predicted molar refractivity (Wildman–Crippen MR) is 112 cm³/mol. The minimum Gasteiger partial charge on any atom is -0.503 e. The number of hydrogen-bond donors (Lipinski definition) is 2. The molecule has 0 saturated carbocycles. The lowest BCUT2D eigenvalue weighted by Gasteiger charge is -2.21. The average molecular weight is 413 g/mol. The Morgan fingerprint density at radius 2 is 1.21 bits per heavy atom. The van der Waals surface area contributed by atoms with Crippen LogP contribution in [0.1, 0.15) is 83.0 Å². The number of carbonyl (C=O) groups excluding carboxylic acids is 1. The first-order valence-electron chi connectivity index (χ1n) is 10.7. The Morgan fingerprint density at radius 1 is 0.655 bits per heavy atom. The maximum absolute atomic E-state index is 12.7. The summed E-state index contributed by atoms with van der Waals surface area (Å²) in [6, 6.07) is 0. The lowest BCUT2D eigenvalue weighted by atomic mass is 10.1. The van der Waals surface area contributed by atoms with Crippen molar-refractivity contribution in [3.05, 3.63) is 5.56 Å². The average Bonchev–Trinajstić information content (AvgIpc) is 2.72. The van der Waals surface area contributed by atoms with Crippen LogP contribution in [0.2, 0.25) is 0 Å². The molecule has 0 amide bonds. The molecule has 0 atom stereocenters. The molecule has 7 heteroatoms. The molecule has 7 nitrogen and oxygen atoms in total. The van der Waals surface area contributed by atoms with Gasteiger partial charge in [-0.3, -0.25) is 0 Å².